The fraction of sp³-hybridized carbons (Fsp3) is 0. The zero-order chi connectivity index (χ0) is 0. The second-order valence-electron chi connectivity index (χ2n) is 0. The normalized spacial score (nSPS) is 0. The second-order valence-corrected chi connectivity index (χ2v) is 0. The number of rotatable bonds is 0. The molecule has 0 aromatic rings. The predicted octanol–water partition coefficient (Wildman–Crippen LogP) is -3.67. The van der Waals surface area contributed by atoms with Crippen LogP contribution < -0.4 is 0 Å². The van der Waals surface area contributed by atoms with Crippen LogP contribution in [0.5, 0.6) is 0 Å². The van der Waals surface area contributed by atoms with E-state index in [9.17, 15) is 0 Å². The average molecular weight is 195 g/mol. The first-order chi connectivity index (χ1) is 0. The van der Waals surface area contributed by atoms with Gasteiger partial charge in [-0.15, -0.1) is 0 Å². The average Bonchev–Trinajstić information content (AvgIpc) is 0. The third kappa shape index (κ3) is 17.8. The SMILES string of the molecule is [AlH3].[CaH2].[LiH].[MgH2].[Y]. The van der Waals surface area contributed by atoms with Gasteiger partial charge in [-0.3, -0.25) is 0 Å². The van der Waals surface area contributed by atoms with Crippen molar-refractivity contribution >= 4 is 97.0 Å². The molecule has 0 atom stereocenters. The molecule has 0 rings (SSSR count). The summed E-state index contributed by atoms with van der Waals surface area (Å²) in [4.78, 5) is 0. The van der Waals surface area contributed by atoms with Gasteiger partial charge in [0.25, 0.3) is 0 Å². The molecule has 0 bridgehead atoms. The van der Waals surface area contributed by atoms with Crippen molar-refractivity contribution in [3.8, 4) is 0 Å². The van der Waals surface area contributed by atoms with Gasteiger partial charge < -0.3 is 0 Å². The Morgan fingerprint density at radius 2 is 1.00 bits per heavy atom. The van der Waals surface area contributed by atoms with E-state index in [1.165, 1.54) is 0 Å². The molecule has 0 nitrogen and oxygen atoms in total. The Kier molecular flexibility index (Phi) is 167. The molecule has 0 unspecified atom stereocenters. The first-order valence-electron chi connectivity index (χ1n) is 0. The fourth-order valence-electron chi connectivity index (χ4n) is 0. The van der Waals surface area contributed by atoms with Crippen molar-refractivity contribution in [2.24, 2.45) is 0 Å². The van der Waals surface area contributed by atoms with Crippen molar-refractivity contribution in [2.75, 3.05) is 0 Å². The van der Waals surface area contributed by atoms with Gasteiger partial charge in [-0.05, 0) is 0 Å². The van der Waals surface area contributed by atoms with Crippen molar-refractivity contribution in [1.29, 1.82) is 0 Å². The zero-order valence-corrected chi connectivity index (χ0v) is 3.42. The third-order valence-corrected chi connectivity index (χ3v) is 0. The van der Waals surface area contributed by atoms with Gasteiger partial charge in [0, 0.05) is 32.7 Å². The number of hydrogen-bond acceptors (Lipinski definition) is 0. The van der Waals surface area contributed by atoms with E-state index in [0.29, 0.717) is 0 Å². The minimum absolute atomic E-state index is 0. The van der Waals surface area contributed by atoms with Crippen LogP contribution in [-0.4, -0.2) is 97.0 Å². The quantitative estimate of drug-likeness (QED) is 0.350. The Morgan fingerprint density at radius 1 is 1.00 bits per heavy atom. The zero-order valence-electron chi connectivity index (χ0n) is 0.577. The van der Waals surface area contributed by atoms with Crippen molar-refractivity contribution in [1.82, 2.24) is 0 Å². The summed E-state index contributed by atoms with van der Waals surface area (Å²) in [5.41, 5.74) is 0. The molecule has 1 radical (unpaired) electrons. The molecule has 0 aliphatic carbocycles. The molecule has 0 saturated carbocycles. The topological polar surface area (TPSA) is 0 Å². The molecule has 0 heterocycles. The molecule has 0 spiro atoms. The van der Waals surface area contributed by atoms with Crippen molar-refractivity contribution in [3.63, 3.8) is 0 Å². The van der Waals surface area contributed by atoms with Crippen LogP contribution in [0.15, 0.2) is 0 Å². The van der Waals surface area contributed by atoms with Crippen molar-refractivity contribution in [3.05, 3.63) is 0 Å². The molecule has 0 fully saturated rings. The molecule has 0 aliphatic rings. The number of hydrogen-bond donors (Lipinski definition) is 0. The van der Waals surface area contributed by atoms with Gasteiger partial charge in [0.05, 0.1) is 0 Å². The molecular weight excluding hydrogens is 187 g/mol. The van der Waals surface area contributed by atoms with Gasteiger partial charge in [0.15, 0.2) is 17.4 Å². The molecule has 0 amide bonds. The summed E-state index contributed by atoms with van der Waals surface area (Å²) in [7, 11) is 0. The minimum Gasteiger partial charge on any atom is 0 e. The molecule has 0 saturated heterocycles. The van der Waals surface area contributed by atoms with E-state index in [-0.39, 0.29) is 130 Å². The maximum atomic E-state index is 0. The summed E-state index contributed by atoms with van der Waals surface area (Å²) < 4.78 is 0. The second kappa shape index (κ2) is 24.0. The van der Waals surface area contributed by atoms with E-state index in [2.05, 4.69) is 0 Å². The molecular formula is H8AlCaLiMgY. The van der Waals surface area contributed by atoms with Gasteiger partial charge >= 0.3 is 79.7 Å². The summed E-state index contributed by atoms with van der Waals surface area (Å²) in [6, 6.07) is 0. The predicted molar refractivity (Wildman–Crippen MR) is 34.2 cm³/mol. The largest absolute Gasteiger partial charge is 0.316 e. The van der Waals surface area contributed by atoms with Crippen LogP contribution in [0.25, 0.3) is 0 Å². The van der Waals surface area contributed by atoms with Gasteiger partial charge in [0.2, 0.25) is 0 Å². The molecule has 5 heteroatoms. The van der Waals surface area contributed by atoms with E-state index in [1.54, 1.807) is 0 Å². The Bertz CT molecular complexity index is 11.6. The van der Waals surface area contributed by atoms with E-state index in [0.717, 1.165) is 0 Å². The molecule has 0 aliphatic heterocycles. The molecule has 0 aromatic carbocycles. The Morgan fingerprint density at radius 3 is 1.00 bits per heavy atom. The van der Waals surface area contributed by atoms with Gasteiger partial charge in [0.1, 0.15) is 0 Å². The fourth-order valence-corrected chi connectivity index (χ4v) is 0. The van der Waals surface area contributed by atoms with E-state index >= 15 is 0 Å². The molecule has 0 N–H and O–H groups in total. The summed E-state index contributed by atoms with van der Waals surface area (Å²) >= 11 is 0. The van der Waals surface area contributed by atoms with Crippen LogP contribution >= 0.6 is 0 Å². The Labute approximate surface area is 126 Å². The van der Waals surface area contributed by atoms with Gasteiger partial charge in [-0.25, -0.2) is 0 Å². The maximum absolute atomic E-state index is 0. The van der Waals surface area contributed by atoms with Gasteiger partial charge in [-0.2, -0.15) is 0 Å². The first kappa shape index (κ1) is 34.8. The molecule has 19 valence electrons. The standard InChI is InChI=1S/Al.Ca.Li.Mg.Y.8H. The third-order valence-electron chi connectivity index (χ3n) is 0. The smallest absolute Gasteiger partial charge is 0 e. The van der Waals surface area contributed by atoms with E-state index < -0.39 is 0 Å². The van der Waals surface area contributed by atoms with E-state index in [4.69, 9.17) is 0 Å². The van der Waals surface area contributed by atoms with Crippen molar-refractivity contribution < 1.29 is 32.7 Å². The Balaban J connectivity index is 0. The van der Waals surface area contributed by atoms with Crippen molar-refractivity contribution in [2.45, 2.75) is 0 Å². The van der Waals surface area contributed by atoms with Crippen LogP contribution in [0.3, 0.4) is 0 Å². The summed E-state index contributed by atoms with van der Waals surface area (Å²) in [5.74, 6) is 0. The Hall–Kier alpha value is 4.26. The first-order valence-corrected chi connectivity index (χ1v) is 0. The summed E-state index contributed by atoms with van der Waals surface area (Å²) in [6.45, 7) is 0. The van der Waals surface area contributed by atoms with Crippen LogP contribution in [-0.2, 0) is 32.7 Å². The molecule has 0 aromatic heterocycles. The monoisotopic (exact) mass is 195 g/mol. The maximum Gasteiger partial charge on any atom is 0.316 e. The summed E-state index contributed by atoms with van der Waals surface area (Å²) in [6.07, 6.45) is 0. The van der Waals surface area contributed by atoms with Crippen LogP contribution in [0.4, 0.5) is 0 Å². The minimum atomic E-state index is 0. The summed E-state index contributed by atoms with van der Waals surface area (Å²) in [5, 5.41) is 0. The van der Waals surface area contributed by atoms with Crippen LogP contribution in [0, 0.1) is 0 Å². The van der Waals surface area contributed by atoms with E-state index in [1.807, 2.05) is 0 Å². The van der Waals surface area contributed by atoms with Crippen LogP contribution in [0.2, 0.25) is 0 Å². The van der Waals surface area contributed by atoms with Gasteiger partial charge in [-0.1, -0.05) is 0 Å². The van der Waals surface area contributed by atoms with Crippen LogP contribution in [0.1, 0.15) is 0 Å². The molecule has 5 heavy (non-hydrogen) atoms.